The predicted octanol–water partition coefficient (Wildman–Crippen LogP) is 2.66. The van der Waals surface area contributed by atoms with E-state index in [1.165, 1.54) is 5.56 Å². The summed E-state index contributed by atoms with van der Waals surface area (Å²) < 4.78 is 6.04. The van der Waals surface area contributed by atoms with Crippen LogP contribution in [-0.2, 0) is 0 Å². The van der Waals surface area contributed by atoms with Gasteiger partial charge in [0.05, 0.1) is 6.61 Å². The van der Waals surface area contributed by atoms with Crippen molar-refractivity contribution in [3.05, 3.63) is 29.8 Å². The number of rotatable bonds is 6. The summed E-state index contributed by atoms with van der Waals surface area (Å²) in [6.45, 7) is 5.37. The molecule has 2 rings (SSSR count). The molecule has 0 heterocycles. The van der Waals surface area contributed by atoms with E-state index in [0.29, 0.717) is 0 Å². The Kier molecular flexibility index (Phi) is 4.83. The van der Waals surface area contributed by atoms with Crippen molar-refractivity contribution < 1.29 is 9.84 Å². The van der Waals surface area contributed by atoms with Crippen molar-refractivity contribution in [3.63, 3.8) is 0 Å². The molecule has 2 N–H and O–H groups in total. The first-order valence-corrected chi connectivity index (χ1v) is 7.27. The van der Waals surface area contributed by atoms with Gasteiger partial charge in [-0.15, -0.1) is 0 Å². The maximum atomic E-state index is 9.65. The second-order valence-electron chi connectivity index (χ2n) is 5.66. The second kappa shape index (κ2) is 6.40. The molecule has 3 nitrogen and oxygen atoms in total. The van der Waals surface area contributed by atoms with Crippen LogP contribution >= 0.6 is 0 Å². The van der Waals surface area contributed by atoms with Gasteiger partial charge in [-0.25, -0.2) is 0 Å². The molecule has 0 radical (unpaired) electrons. The summed E-state index contributed by atoms with van der Waals surface area (Å²) in [5.74, 6) is 0.939. The minimum absolute atomic E-state index is 0.134. The van der Waals surface area contributed by atoms with Gasteiger partial charge < -0.3 is 15.2 Å². The van der Waals surface area contributed by atoms with Crippen molar-refractivity contribution in [1.29, 1.82) is 0 Å². The molecule has 1 saturated carbocycles. The van der Waals surface area contributed by atoms with Gasteiger partial charge in [0.15, 0.2) is 0 Å². The van der Waals surface area contributed by atoms with Crippen LogP contribution in [-0.4, -0.2) is 29.9 Å². The van der Waals surface area contributed by atoms with Crippen molar-refractivity contribution in [2.45, 2.75) is 51.2 Å². The molecule has 1 aliphatic rings. The largest absolute Gasteiger partial charge is 0.490 e. The molecular formula is C16H25NO2. The summed E-state index contributed by atoms with van der Waals surface area (Å²) in [4.78, 5) is 0. The zero-order chi connectivity index (χ0) is 13.7. The molecule has 2 atom stereocenters. The van der Waals surface area contributed by atoms with Crippen LogP contribution in [0.4, 0.5) is 0 Å². The summed E-state index contributed by atoms with van der Waals surface area (Å²) in [7, 11) is 0. The van der Waals surface area contributed by atoms with Crippen LogP contribution in [0.25, 0.3) is 0 Å². The molecule has 1 aromatic rings. The van der Waals surface area contributed by atoms with Gasteiger partial charge in [-0.1, -0.05) is 19.1 Å². The molecule has 1 aromatic carbocycles. The van der Waals surface area contributed by atoms with E-state index in [1.807, 2.05) is 12.1 Å². The second-order valence-corrected chi connectivity index (χ2v) is 5.66. The third-order valence-corrected chi connectivity index (χ3v) is 3.91. The molecule has 2 unspecified atom stereocenters. The molecule has 0 bridgehead atoms. The van der Waals surface area contributed by atoms with E-state index in [1.54, 1.807) is 0 Å². The number of aryl methyl sites for hydroxylation is 1. The standard InChI is InChI=1S/C16H25NO2/c1-3-9-17-16(12-18)8-7-15(11-16)19-14-6-4-5-13(2)10-14/h4-6,10,15,17-18H,3,7-9,11-12H2,1-2H3. The average molecular weight is 263 g/mol. The van der Waals surface area contributed by atoms with Crippen LogP contribution in [0.15, 0.2) is 24.3 Å². The maximum Gasteiger partial charge on any atom is 0.119 e. The predicted molar refractivity (Wildman–Crippen MR) is 77.6 cm³/mol. The van der Waals surface area contributed by atoms with E-state index < -0.39 is 0 Å². The molecule has 0 amide bonds. The Bertz CT molecular complexity index is 407. The SMILES string of the molecule is CCCNC1(CO)CCC(Oc2cccc(C)c2)C1. The number of aliphatic hydroxyl groups is 1. The summed E-state index contributed by atoms with van der Waals surface area (Å²) in [5.41, 5.74) is 1.08. The molecular weight excluding hydrogens is 238 g/mol. The van der Waals surface area contributed by atoms with E-state index >= 15 is 0 Å². The summed E-state index contributed by atoms with van der Waals surface area (Å²) in [6.07, 6.45) is 4.17. The van der Waals surface area contributed by atoms with Gasteiger partial charge in [0.25, 0.3) is 0 Å². The summed E-state index contributed by atoms with van der Waals surface area (Å²) in [6, 6.07) is 8.17. The molecule has 1 fully saturated rings. The Labute approximate surface area is 116 Å². The molecule has 106 valence electrons. The number of ether oxygens (including phenoxy) is 1. The van der Waals surface area contributed by atoms with Gasteiger partial charge in [-0.3, -0.25) is 0 Å². The fourth-order valence-electron chi connectivity index (χ4n) is 2.81. The highest BCUT2D eigenvalue weighted by molar-refractivity contribution is 5.27. The van der Waals surface area contributed by atoms with Gasteiger partial charge in [0.1, 0.15) is 11.9 Å². The zero-order valence-corrected chi connectivity index (χ0v) is 12.0. The van der Waals surface area contributed by atoms with Crippen LogP contribution in [0, 0.1) is 6.92 Å². The van der Waals surface area contributed by atoms with Crippen LogP contribution in [0.1, 0.15) is 38.2 Å². The molecule has 1 aliphatic carbocycles. The highest BCUT2D eigenvalue weighted by Crippen LogP contribution is 2.32. The molecule has 0 spiro atoms. The fraction of sp³-hybridized carbons (Fsp3) is 0.625. The van der Waals surface area contributed by atoms with Crippen molar-refractivity contribution in [2.24, 2.45) is 0 Å². The third-order valence-electron chi connectivity index (χ3n) is 3.91. The number of aliphatic hydroxyl groups excluding tert-OH is 1. The lowest BCUT2D eigenvalue weighted by molar-refractivity contribution is 0.140. The Morgan fingerprint density at radius 3 is 3.00 bits per heavy atom. The maximum absolute atomic E-state index is 9.65. The molecule has 19 heavy (non-hydrogen) atoms. The molecule has 0 aromatic heterocycles. The van der Waals surface area contributed by atoms with Gasteiger partial charge in [0, 0.05) is 12.0 Å². The first-order valence-electron chi connectivity index (χ1n) is 7.27. The van der Waals surface area contributed by atoms with Gasteiger partial charge in [-0.2, -0.15) is 0 Å². The Hall–Kier alpha value is -1.06. The minimum Gasteiger partial charge on any atom is -0.490 e. The highest BCUT2D eigenvalue weighted by Gasteiger charge is 2.39. The van der Waals surface area contributed by atoms with Crippen molar-refractivity contribution >= 4 is 0 Å². The van der Waals surface area contributed by atoms with E-state index in [2.05, 4.69) is 31.3 Å². The monoisotopic (exact) mass is 263 g/mol. The van der Waals surface area contributed by atoms with Crippen LogP contribution in [0.2, 0.25) is 0 Å². The lowest BCUT2D eigenvalue weighted by atomic mass is 9.98. The Morgan fingerprint density at radius 2 is 2.32 bits per heavy atom. The number of benzene rings is 1. The van der Waals surface area contributed by atoms with Crippen molar-refractivity contribution in [2.75, 3.05) is 13.2 Å². The average Bonchev–Trinajstić information content (AvgIpc) is 2.80. The Balaban J connectivity index is 1.93. The normalized spacial score (nSPS) is 26.6. The Morgan fingerprint density at radius 1 is 1.47 bits per heavy atom. The first-order chi connectivity index (χ1) is 9.17. The minimum atomic E-state index is -0.134. The molecule has 3 heteroatoms. The lowest BCUT2D eigenvalue weighted by Crippen LogP contribution is -2.47. The first kappa shape index (κ1) is 14.4. The third kappa shape index (κ3) is 3.71. The zero-order valence-electron chi connectivity index (χ0n) is 12.0. The van der Waals surface area contributed by atoms with Gasteiger partial charge in [0.2, 0.25) is 0 Å². The number of nitrogens with one attached hydrogen (secondary N) is 1. The highest BCUT2D eigenvalue weighted by atomic mass is 16.5. The topological polar surface area (TPSA) is 41.5 Å². The number of hydrogen-bond donors (Lipinski definition) is 2. The van der Waals surface area contributed by atoms with E-state index in [-0.39, 0.29) is 18.2 Å². The van der Waals surface area contributed by atoms with Crippen molar-refractivity contribution in [3.8, 4) is 5.75 Å². The van der Waals surface area contributed by atoms with E-state index in [0.717, 1.165) is 38.0 Å². The smallest absolute Gasteiger partial charge is 0.119 e. The summed E-state index contributed by atoms with van der Waals surface area (Å²) >= 11 is 0. The van der Waals surface area contributed by atoms with Crippen LogP contribution < -0.4 is 10.1 Å². The van der Waals surface area contributed by atoms with Gasteiger partial charge >= 0.3 is 0 Å². The van der Waals surface area contributed by atoms with Crippen LogP contribution in [0.5, 0.6) is 5.75 Å². The quantitative estimate of drug-likeness (QED) is 0.829. The van der Waals surface area contributed by atoms with Crippen LogP contribution in [0.3, 0.4) is 0 Å². The summed E-state index contributed by atoms with van der Waals surface area (Å²) in [5, 5.41) is 13.1. The number of hydrogen-bond acceptors (Lipinski definition) is 3. The van der Waals surface area contributed by atoms with E-state index in [9.17, 15) is 5.11 Å². The fourth-order valence-corrected chi connectivity index (χ4v) is 2.81. The molecule has 0 saturated heterocycles. The van der Waals surface area contributed by atoms with Crippen molar-refractivity contribution in [1.82, 2.24) is 5.32 Å². The van der Waals surface area contributed by atoms with E-state index in [4.69, 9.17) is 4.74 Å². The lowest BCUT2D eigenvalue weighted by Gasteiger charge is -2.28. The van der Waals surface area contributed by atoms with Gasteiger partial charge in [-0.05, 0) is 50.4 Å². The molecule has 0 aliphatic heterocycles.